The Hall–Kier alpha value is -1.77. The van der Waals surface area contributed by atoms with E-state index in [-0.39, 0.29) is 5.16 Å². The number of sulfone groups is 1. The Morgan fingerprint density at radius 1 is 1.27 bits per heavy atom. The molecule has 1 aromatic carbocycles. The lowest BCUT2D eigenvalue weighted by molar-refractivity contribution is 0.112. The van der Waals surface area contributed by atoms with Crippen LogP contribution in [0.3, 0.4) is 0 Å². The summed E-state index contributed by atoms with van der Waals surface area (Å²) in [4.78, 5) is 4.02. The molecule has 22 heavy (non-hydrogen) atoms. The van der Waals surface area contributed by atoms with Crippen LogP contribution in [0, 0.1) is 0 Å². The van der Waals surface area contributed by atoms with E-state index in [9.17, 15) is 13.5 Å². The Balaban J connectivity index is 1.88. The zero-order valence-electron chi connectivity index (χ0n) is 11.9. The molecule has 1 heterocycles. The second-order valence-electron chi connectivity index (χ2n) is 5.42. The summed E-state index contributed by atoms with van der Waals surface area (Å²) in [6.07, 6.45) is 1.88. The summed E-state index contributed by atoms with van der Waals surface area (Å²) in [7, 11) is -3.81. The van der Waals surface area contributed by atoms with Crippen LogP contribution >= 0.6 is 0 Å². The molecular weight excluding hydrogens is 306 g/mol. The average molecular weight is 323 g/mol. The summed E-state index contributed by atoms with van der Waals surface area (Å²) in [5.74, 6) is -0.283. The van der Waals surface area contributed by atoms with Crippen LogP contribution < -0.4 is 0 Å². The van der Waals surface area contributed by atoms with Crippen molar-refractivity contribution >= 4 is 9.84 Å². The number of aliphatic hydroxyl groups excluding tert-OH is 2. The van der Waals surface area contributed by atoms with Crippen molar-refractivity contribution in [2.45, 2.75) is 30.5 Å². The smallest absolute Gasteiger partial charge is 0.243 e. The highest BCUT2D eigenvalue weighted by Gasteiger charge is 2.24. The maximum atomic E-state index is 12.0. The second-order valence-corrected chi connectivity index (χ2v) is 7.37. The minimum Gasteiger partial charge on any atom is -0.394 e. The van der Waals surface area contributed by atoms with Crippen LogP contribution in [0.1, 0.15) is 17.5 Å². The lowest BCUT2D eigenvalue weighted by Gasteiger charge is -2.05. The van der Waals surface area contributed by atoms with Crippen molar-refractivity contribution in [2.75, 3.05) is 12.4 Å². The van der Waals surface area contributed by atoms with E-state index in [1.54, 1.807) is 0 Å². The SMILES string of the molecule is O=S(=O)(C[C@@H](O)CO)c1nc(-c2ccc3c(c2)CCC3)n[nH]1. The van der Waals surface area contributed by atoms with Crippen LogP contribution in [0.25, 0.3) is 11.4 Å². The third-order valence-corrected chi connectivity index (χ3v) is 5.33. The van der Waals surface area contributed by atoms with Gasteiger partial charge in [-0.2, -0.15) is 10.1 Å². The molecular formula is C14H17N3O4S. The molecule has 0 fully saturated rings. The molecule has 1 aliphatic rings. The largest absolute Gasteiger partial charge is 0.394 e. The van der Waals surface area contributed by atoms with Gasteiger partial charge in [0.2, 0.25) is 15.0 Å². The predicted molar refractivity (Wildman–Crippen MR) is 79.0 cm³/mol. The van der Waals surface area contributed by atoms with Crippen LogP contribution in [0.5, 0.6) is 0 Å². The van der Waals surface area contributed by atoms with Gasteiger partial charge in [0, 0.05) is 5.56 Å². The normalized spacial score (nSPS) is 15.7. The van der Waals surface area contributed by atoms with E-state index in [0.29, 0.717) is 5.82 Å². The first kappa shape index (κ1) is 15.1. The van der Waals surface area contributed by atoms with Gasteiger partial charge in [-0.05, 0) is 36.5 Å². The molecule has 1 aliphatic carbocycles. The molecule has 2 aromatic rings. The van der Waals surface area contributed by atoms with E-state index in [1.807, 2.05) is 18.2 Å². The maximum Gasteiger partial charge on any atom is 0.243 e. The Labute approximate surface area is 128 Å². The number of fused-ring (bicyclic) bond motifs is 1. The highest BCUT2D eigenvalue weighted by Crippen LogP contribution is 2.26. The number of benzene rings is 1. The van der Waals surface area contributed by atoms with Crippen molar-refractivity contribution in [3.63, 3.8) is 0 Å². The third-order valence-electron chi connectivity index (χ3n) is 3.74. The van der Waals surface area contributed by atoms with Gasteiger partial charge in [0.1, 0.15) is 0 Å². The summed E-state index contributed by atoms with van der Waals surface area (Å²) < 4.78 is 24.1. The molecule has 0 bridgehead atoms. The quantitative estimate of drug-likeness (QED) is 0.718. The first-order chi connectivity index (χ1) is 10.5. The van der Waals surface area contributed by atoms with Gasteiger partial charge in [-0.3, -0.25) is 0 Å². The van der Waals surface area contributed by atoms with E-state index < -0.39 is 28.3 Å². The van der Waals surface area contributed by atoms with Gasteiger partial charge in [0.25, 0.3) is 0 Å². The van der Waals surface area contributed by atoms with Crippen molar-refractivity contribution in [3.8, 4) is 11.4 Å². The molecule has 0 aliphatic heterocycles. The fraction of sp³-hybridized carbons (Fsp3) is 0.429. The van der Waals surface area contributed by atoms with Gasteiger partial charge in [-0.1, -0.05) is 12.1 Å². The number of aromatic amines is 1. The number of nitrogens with zero attached hydrogens (tertiary/aromatic N) is 2. The summed E-state index contributed by atoms with van der Waals surface area (Å²) >= 11 is 0. The number of hydrogen-bond acceptors (Lipinski definition) is 6. The van der Waals surface area contributed by atoms with E-state index in [4.69, 9.17) is 5.11 Å². The highest BCUT2D eigenvalue weighted by atomic mass is 32.2. The molecule has 0 saturated heterocycles. The van der Waals surface area contributed by atoms with E-state index in [0.717, 1.165) is 24.8 Å². The fourth-order valence-corrected chi connectivity index (χ4v) is 3.79. The standard InChI is InChI=1S/C14H17N3O4S/c18-7-12(19)8-22(20,21)14-15-13(16-17-14)11-5-4-9-2-1-3-10(9)6-11/h4-6,12,18-19H,1-3,7-8H2,(H,15,16,17)/t12-/m0/s1. The molecule has 118 valence electrons. The molecule has 0 unspecified atom stereocenters. The van der Waals surface area contributed by atoms with Crippen LogP contribution in [0.4, 0.5) is 0 Å². The van der Waals surface area contributed by atoms with Gasteiger partial charge in [-0.15, -0.1) is 0 Å². The zero-order chi connectivity index (χ0) is 15.7. The van der Waals surface area contributed by atoms with Gasteiger partial charge in [0.15, 0.2) is 5.82 Å². The minimum atomic E-state index is -3.81. The van der Waals surface area contributed by atoms with E-state index in [1.165, 1.54) is 11.1 Å². The Bertz CT molecular complexity index is 785. The predicted octanol–water partition coefficient (Wildman–Crippen LogP) is 0.0873. The Morgan fingerprint density at radius 3 is 2.82 bits per heavy atom. The molecule has 3 N–H and O–H groups in total. The second kappa shape index (κ2) is 5.79. The van der Waals surface area contributed by atoms with Gasteiger partial charge >= 0.3 is 0 Å². The van der Waals surface area contributed by atoms with Crippen molar-refractivity contribution in [1.82, 2.24) is 15.2 Å². The maximum absolute atomic E-state index is 12.0. The minimum absolute atomic E-state index is 0.296. The summed E-state index contributed by atoms with van der Waals surface area (Å²) in [6, 6.07) is 5.90. The van der Waals surface area contributed by atoms with Gasteiger partial charge in [-0.25, -0.2) is 13.5 Å². The molecule has 8 heteroatoms. The molecule has 0 radical (unpaired) electrons. The monoisotopic (exact) mass is 323 g/mol. The summed E-state index contributed by atoms with van der Waals surface area (Å²) in [5, 5.41) is 24.1. The zero-order valence-corrected chi connectivity index (χ0v) is 12.7. The number of aryl methyl sites for hydroxylation is 2. The molecule has 1 aromatic heterocycles. The first-order valence-electron chi connectivity index (χ1n) is 7.06. The van der Waals surface area contributed by atoms with Crippen molar-refractivity contribution < 1.29 is 18.6 Å². The lowest BCUT2D eigenvalue weighted by Crippen LogP contribution is -2.24. The third kappa shape index (κ3) is 2.90. The van der Waals surface area contributed by atoms with Crippen LogP contribution in [-0.4, -0.2) is 52.3 Å². The lowest BCUT2D eigenvalue weighted by atomic mass is 10.1. The van der Waals surface area contributed by atoms with Gasteiger partial charge < -0.3 is 10.2 Å². The van der Waals surface area contributed by atoms with E-state index in [2.05, 4.69) is 15.2 Å². The topological polar surface area (TPSA) is 116 Å². The molecule has 7 nitrogen and oxygen atoms in total. The van der Waals surface area contributed by atoms with Crippen molar-refractivity contribution in [2.24, 2.45) is 0 Å². The van der Waals surface area contributed by atoms with Crippen molar-refractivity contribution in [3.05, 3.63) is 29.3 Å². The number of aromatic nitrogens is 3. The molecule has 0 spiro atoms. The highest BCUT2D eigenvalue weighted by molar-refractivity contribution is 7.91. The van der Waals surface area contributed by atoms with E-state index >= 15 is 0 Å². The molecule has 0 saturated carbocycles. The first-order valence-corrected chi connectivity index (χ1v) is 8.71. The number of rotatable bonds is 5. The number of aliphatic hydroxyl groups is 2. The van der Waals surface area contributed by atoms with Crippen LogP contribution in [0.15, 0.2) is 23.4 Å². The van der Waals surface area contributed by atoms with Crippen molar-refractivity contribution in [1.29, 1.82) is 0 Å². The molecule has 3 rings (SSSR count). The summed E-state index contributed by atoms with van der Waals surface area (Å²) in [5.41, 5.74) is 3.33. The number of hydrogen-bond donors (Lipinski definition) is 3. The number of nitrogens with one attached hydrogen (secondary N) is 1. The molecule has 0 amide bonds. The van der Waals surface area contributed by atoms with Gasteiger partial charge in [0.05, 0.1) is 18.5 Å². The van der Waals surface area contributed by atoms with Crippen LogP contribution in [0.2, 0.25) is 0 Å². The Kier molecular flexibility index (Phi) is 3.98. The number of H-pyrrole nitrogens is 1. The van der Waals surface area contributed by atoms with Crippen LogP contribution in [-0.2, 0) is 22.7 Å². The Morgan fingerprint density at radius 2 is 2.05 bits per heavy atom. The fourth-order valence-electron chi connectivity index (χ4n) is 2.61. The average Bonchev–Trinajstić information content (AvgIpc) is 3.15. The summed E-state index contributed by atoms with van der Waals surface area (Å²) in [6.45, 7) is -0.620. The molecule has 1 atom stereocenters.